The van der Waals surface area contributed by atoms with Gasteiger partial charge in [-0.2, -0.15) is 0 Å². The lowest BCUT2D eigenvalue weighted by atomic mass is 10.1. The van der Waals surface area contributed by atoms with Gasteiger partial charge in [-0.25, -0.2) is 9.59 Å². The number of carbonyl (C=O) groups is 2. The van der Waals surface area contributed by atoms with Crippen LogP contribution in [0.5, 0.6) is 0 Å². The summed E-state index contributed by atoms with van der Waals surface area (Å²) in [6.45, 7) is 5.75. The van der Waals surface area contributed by atoms with Crippen LogP contribution in [0.25, 0.3) is 0 Å². The zero-order valence-corrected chi connectivity index (χ0v) is 11.8. The molecular weight excluding hydrogens is 248 g/mol. The summed E-state index contributed by atoms with van der Waals surface area (Å²) in [6, 6.07) is -0.0156. The number of carboxylic acid groups (broad SMARTS) is 1. The summed E-state index contributed by atoms with van der Waals surface area (Å²) in [5.74, 6) is -0.830. The number of hydrogen-bond donors (Lipinski definition) is 3. The summed E-state index contributed by atoms with van der Waals surface area (Å²) in [6.07, 6.45) is 2.92. The first-order valence-electron chi connectivity index (χ1n) is 6.74. The van der Waals surface area contributed by atoms with Gasteiger partial charge in [0, 0.05) is 12.6 Å². The molecule has 1 atom stereocenters. The SMILES string of the molecule is CC(C)CCN(C(=O)NCC(C)(O)C(=O)O)C1CC1. The summed E-state index contributed by atoms with van der Waals surface area (Å²) in [7, 11) is 0. The first-order chi connectivity index (χ1) is 8.74. The van der Waals surface area contributed by atoms with Crippen LogP contribution in [0, 0.1) is 5.92 Å². The van der Waals surface area contributed by atoms with Crippen molar-refractivity contribution < 1.29 is 19.8 Å². The third-order valence-corrected chi connectivity index (χ3v) is 3.24. The fourth-order valence-corrected chi connectivity index (χ4v) is 1.66. The maximum atomic E-state index is 12.0. The van der Waals surface area contributed by atoms with Crippen molar-refractivity contribution in [1.82, 2.24) is 10.2 Å². The zero-order valence-electron chi connectivity index (χ0n) is 11.8. The van der Waals surface area contributed by atoms with E-state index in [2.05, 4.69) is 19.2 Å². The number of amides is 2. The van der Waals surface area contributed by atoms with E-state index < -0.39 is 11.6 Å². The number of rotatable bonds is 7. The van der Waals surface area contributed by atoms with Gasteiger partial charge in [-0.3, -0.25) is 0 Å². The van der Waals surface area contributed by atoms with E-state index in [1.807, 2.05) is 0 Å². The van der Waals surface area contributed by atoms with Crippen molar-refractivity contribution in [2.45, 2.75) is 51.7 Å². The average Bonchev–Trinajstić information content (AvgIpc) is 3.10. The van der Waals surface area contributed by atoms with Crippen LogP contribution in [0.15, 0.2) is 0 Å². The number of aliphatic hydroxyl groups is 1. The number of nitrogens with zero attached hydrogens (tertiary/aromatic N) is 1. The molecule has 0 aliphatic heterocycles. The number of carbonyl (C=O) groups excluding carboxylic acids is 1. The minimum Gasteiger partial charge on any atom is -0.479 e. The van der Waals surface area contributed by atoms with Crippen molar-refractivity contribution >= 4 is 12.0 Å². The van der Waals surface area contributed by atoms with Gasteiger partial charge < -0.3 is 20.4 Å². The fraction of sp³-hybridized carbons (Fsp3) is 0.846. The van der Waals surface area contributed by atoms with Crippen molar-refractivity contribution in [3.63, 3.8) is 0 Å². The first kappa shape index (κ1) is 15.8. The second-order valence-electron chi connectivity index (χ2n) is 5.84. The Kier molecular flexibility index (Phi) is 5.17. The molecule has 19 heavy (non-hydrogen) atoms. The van der Waals surface area contributed by atoms with Gasteiger partial charge in [-0.1, -0.05) is 13.8 Å². The molecule has 110 valence electrons. The Labute approximate surface area is 113 Å². The summed E-state index contributed by atoms with van der Waals surface area (Å²) in [4.78, 5) is 24.5. The Hall–Kier alpha value is -1.30. The molecule has 0 radical (unpaired) electrons. The second-order valence-corrected chi connectivity index (χ2v) is 5.84. The molecule has 0 spiro atoms. The number of aliphatic carboxylic acids is 1. The van der Waals surface area contributed by atoms with Gasteiger partial charge in [0.15, 0.2) is 5.60 Å². The quantitative estimate of drug-likeness (QED) is 0.646. The molecular formula is C13H24N2O4. The Balaban J connectivity index is 2.46. The lowest BCUT2D eigenvalue weighted by molar-refractivity contribution is -0.155. The molecule has 1 aliphatic rings. The molecule has 6 heteroatoms. The van der Waals surface area contributed by atoms with E-state index in [1.165, 1.54) is 6.92 Å². The number of hydrogen-bond acceptors (Lipinski definition) is 3. The molecule has 1 fully saturated rings. The van der Waals surface area contributed by atoms with Crippen molar-refractivity contribution in [3.05, 3.63) is 0 Å². The highest BCUT2D eigenvalue weighted by Gasteiger charge is 2.35. The summed E-state index contributed by atoms with van der Waals surface area (Å²) in [5, 5.41) is 20.8. The van der Waals surface area contributed by atoms with Crippen LogP contribution >= 0.6 is 0 Å². The van der Waals surface area contributed by atoms with Crippen molar-refractivity contribution in [2.75, 3.05) is 13.1 Å². The number of urea groups is 1. The number of nitrogens with one attached hydrogen (secondary N) is 1. The van der Waals surface area contributed by atoms with Crippen LogP contribution in [-0.4, -0.2) is 51.8 Å². The Bertz CT molecular complexity index is 338. The molecule has 1 unspecified atom stereocenters. The van der Waals surface area contributed by atoms with E-state index in [-0.39, 0.29) is 18.6 Å². The molecule has 0 aromatic carbocycles. The van der Waals surface area contributed by atoms with Crippen molar-refractivity contribution in [3.8, 4) is 0 Å². The molecule has 0 aromatic rings. The second kappa shape index (κ2) is 6.23. The van der Waals surface area contributed by atoms with Gasteiger partial charge in [0.05, 0.1) is 6.54 Å². The van der Waals surface area contributed by atoms with E-state index in [4.69, 9.17) is 5.11 Å². The van der Waals surface area contributed by atoms with Crippen molar-refractivity contribution in [2.24, 2.45) is 5.92 Å². The highest BCUT2D eigenvalue weighted by molar-refractivity contribution is 5.79. The van der Waals surface area contributed by atoms with Gasteiger partial charge in [0.25, 0.3) is 0 Å². The van der Waals surface area contributed by atoms with E-state index in [0.717, 1.165) is 19.3 Å². The van der Waals surface area contributed by atoms with Crippen LogP contribution in [0.1, 0.15) is 40.0 Å². The van der Waals surface area contributed by atoms with E-state index >= 15 is 0 Å². The Morgan fingerprint density at radius 3 is 2.42 bits per heavy atom. The highest BCUT2D eigenvalue weighted by atomic mass is 16.4. The summed E-state index contributed by atoms with van der Waals surface area (Å²) in [5.41, 5.74) is -1.93. The van der Waals surface area contributed by atoms with Gasteiger partial charge in [0.2, 0.25) is 0 Å². The Morgan fingerprint density at radius 2 is 2.00 bits per heavy atom. The van der Waals surface area contributed by atoms with Crippen LogP contribution in [-0.2, 0) is 4.79 Å². The smallest absolute Gasteiger partial charge is 0.337 e. The lowest BCUT2D eigenvalue weighted by Gasteiger charge is -2.26. The molecule has 1 saturated carbocycles. The fourth-order valence-electron chi connectivity index (χ4n) is 1.66. The largest absolute Gasteiger partial charge is 0.479 e. The lowest BCUT2D eigenvalue weighted by Crippen LogP contribution is -2.50. The van der Waals surface area contributed by atoms with E-state index in [1.54, 1.807) is 4.90 Å². The molecule has 0 bridgehead atoms. The zero-order chi connectivity index (χ0) is 14.6. The normalized spacial score (nSPS) is 17.9. The van der Waals surface area contributed by atoms with Gasteiger partial charge in [0.1, 0.15) is 0 Å². The van der Waals surface area contributed by atoms with Gasteiger partial charge in [-0.15, -0.1) is 0 Å². The van der Waals surface area contributed by atoms with Crippen LogP contribution < -0.4 is 5.32 Å². The van der Waals surface area contributed by atoms with Crippen LogP contribution in [0.2, 0.25) is 0 Å². The third kappa shape index (κ3) is 5.06. The molecule has 0 saturated heterocycles. The minimum atomic E-state index is -1.93. The third-order valence-electron chi connectivity index (χ3n) is 3.24. The minimum absolute atomic E-state index is 0.272. The summed E-state index contributed by atoms with van der Waals surface area (Å²) >= 11 is 0. The predicted octanol–water partition coefficient (Wildman–Crippen LogP) is 1.04. The topological polar surface area (TPSA) is 89.9 Å². The highest BCUT2D eigenvalue weighted by Crippen LogP contribution is 2.27. The molecule has 3 N–H and O–H groups in total. The van der Waals surface area contributed by atoms with Crippen LogP contribution in [0.4, 0.5) is 4.79 Å². The van der Waals surface area contributed by atoms with E-state index in [9.17, 15) is 14.7 Å². The molecule has 0 heterocycles. The molecule has 6 nitrogen and oxygen atoms in total. The Morgan fingerprint density at radius 1 is 1.42 bits per heavy atom. The van der Waals surface area contributed by atoms with Crippen LogP contribution in [0.3, 0.4) is 0 Å². The maximum absolute atomic E-state index is 12.0. The molecule has 2 amide bonds. The van der Waals surface area contributed by atoms with Crippen molar-refractivity contribution in [1.29, 1.82) is 0 Å². The first-order valence-corrected chi connectivity index (χ1v) is 6.74. The number of carboxylic acids is 1. The molecule has 1 aliphatic carbocycles. The predicted molar refractivity (Wildman–Crippen MR) is 70.8 cm³/mol. The van der Waals surface area contributed by atoms with E-state index in [0.29, 0.717) is 12.5 Å². The molecule has 1 rings (SSSR count). The molecule has 0 aromatic heterocycles. The standard InChI is InChI=1S/C13H24N2O4/c1-9(2)6-7-15(10-4-5-10)12(18)14-8-13(3,19)11(16)17/h9-10,19H,4-8H2,1-3H3,(H,14,18)(H,16,17). The van der Waals surface area contributed by atoms with Gasteiger partial charge >= 0.3 is 12.0 Å². The average molecular weight is 272 g/mol. The maximum Gasteiger partial charge on any atom is 0.337 e. The summed E-state index contributed by atoms with van der Waals surface area (Å²) < 4.78 is 0. The monoisotopic (exact) mass is 272 g/mol. The van der Waals surface area contributed by atoms with Gasteiger partial charge in [-0.05, 0) is 32.1 Å².